The quantitative estimate of drug-likeness (QED) is 0.577. The molecule has 5 nitrogen and oxygen atoms in total. The summed E-state index contributed by atoms with van der Waals surface area (Å²) < 4.78 is 28.0. The Morgan fingerprint density at radius 1 is 1.22 bits per heavy atom. The summed E-state index contributed by atoms with van der Waals surface area (Å²) in [5, 5.41) is 0. The van der Waals surface area contributed by atoms with Crippen LogP contribution < -0.4 is 4.72 Å². The van der Waals surface area contributed by atoms with Crippen molar-refractivity contribution in [2.75, 3.05) is 4.72 Å². The van der Waals surface area contributed by atoms with E-state index in [2.05, 4.69) is 30.6 Å². The molecule has 0 unspecified atom stereocenters. The highest BCUT2D eigenvalue weighted by Gasteiger charge is 2.27. The third-order valence-electron chi connectivity index (χ3n) is 3.33. The normalized spacial score (nSPS) is 12.0. The van der Waals surface area contributed by atoms with Gasteiger partial charge in [0.05, 0.1) is 15.5 Å². The number of nitrogens with zero attached hydrogens (tertiary/aromatic N) is 1. The maximum Gasteiger partial charge on any atom is 0.267 e. The Labute approximate surface area is 155 Å². The van der Waals surface area contributed by atoms with Gasteiger partial charge >= 0.3 is 0 Å². The predicted molar refractivity (Wildman–Crippen MR) is 98.4 cm³/mol. The summed E-state index contributed by atoms with van der Waals surface area (Å²) >= 11 is 16.0. The summed E-state index contributed by atoms with van der Waals surface area (Å²) in [5.41, 5.74) is 3.60. The van der Waals surface area contributed by atoms with E-state index in [-0.39, 0.29) is 24.0 Å². The van der Waals surface area contributed by atoms with E-state index in [1.807, 2.05) is 26.0 Å². The fourth-order valence-electron chi connectivity index (χ4n) is 2.07. The Morgan fingerprint density at radius 3 is 2.48 bits per heavy atom. The lowest BCUT2D eigenvalue weighted by Crippen LogP contribution is -2.14. The number of halogens is 3. The summed E-state index contributed by atoms with van der Waals surface area (Å²) in [6.07, 6.45) is 0. The Balaban J connectivity index is 2.04. The summed E-state index contributed by atoms with van der Waals surface area (Å²) in [6.45, 7) is 3.95. The maximum absolute atomic E-state index is 12.5. The molecule has 0 fully saturated rings. The molecule has 3 rings (SSSR count). The van der Waals surface area contributed by atoms with Gasteiger partial charge < -0.3 is 4.98 Å². The molecule has 0 aliphatic carbocycles. The summed E-state index contributed by atoms with van der Waals surface area (Å²) in [6, 6.07) is 3.81. The zero-order valence-corrected chi connectivity index (χ0v) is 16.6. The smallest absolute Gasteiger partial charge is 0.267 e. The first-order valence-electron chi connectivity index (χ1n) is 6.32. The van der Waals surface area contributed by atoms with Crippen LogP contribution in [0, 0.1) is 13.8 Å². The fraction of sp³-hybridized carbons (Fsp3) is 0.154. The fourth-order valence-corrected chi connectivity index (χ4v) is 6.59. The van der Waals surface area contributed by atoms with Crippen LogP contribution in [0.5, 0.6) is 0 Å². The number of anilines is 1. The Kier molecular flexibility index (Phi) is 4.39. The molecule has 3 aromatic rings. The number of rotatable bonds is 3. The molecule has 0 radical (unpaired) electrons. The van der Waals surface area contributed by atoms with Crippen LogP contribution >= 0.6 is 50.5 Å². The van der Waals surface area contributed by atoms with Crippen LogP contribution in [-0.4, -0.2) is 18.4 Å². The highest BCUT2D eigenvalue weighted by Crippen LogP contribution is 2.43. The van der Waals surface area contributed by atoms with Gasteiger partial charge in [-0.3, -0.25) is 0 Å². The minimum atomic E-state index is -3.92. The zero-order chi connectivity index (χ0) is 16.9. The molecule has 0 amide bonds. The first kappa shape index (κ1) is 17.0. The lowest BCUT2D eigenvalue weighted by molar-refractivity contribution is 0.601. The number of aromatic nitrogens is 2. The lowest BCUT2D eigenvalue weighted by Gasteiger charge is -2.04. The third kappa shape index (κ3) is 3.10. The number of thiophene rings is 1. The number of fused-ring (bicyclic) bond motifs is 1. The second kappa shape index (κ2) is 5.93. The van der Waals surface area contributed by atoms with E-state index in [4.69, 9.17) is 23.2 Å². The number of H-pyrrole nitrogens is 1. The monoisotopic (exact) mass is 453 g/mol. The first-order chi connectivity index (χ1) is 10.7. The molecule has 1 aromatic carbocycles. The Hall–Kier alpha value is -0.800. The van der Waals surface area contributed by atoms with Gasteiger partial charge in [-0.2, -0.15) is 0 Å². The van der Waals surface area contributed by atoms with E-state index >= 15 is 0 Å². The molecule has 122 valence electrons. The van der Waals surface area contributed by atoms with E-state index in [0.29, 0.717) is 5.52 Å². The number of sulfonamides is 1. The van der Waals surface area contributed by atoms with Gasteiger partial charge in [0, 0.05) is 0 Å². The Bertz CT molecular complexity index is 989. The lowest BCUT2D eigenvalue weighted by atomic mass is 10.1. The van der Waals surface area contributed by atoms with Crippen molar-refractivity contribution in [1.82, 2.24) is 9.97 Å². The van der Waals surface area contributed by atoms with Gasteiger partial charge in [-0.1, -0.05) is 23.2 Å². The van der Waals surface area contributed by atoms with Crippen LogP contribution in [0.15, 0.2) is 21.5 Å². The van der Waals surface area contributed by atoms with Crippen molar-refractivity contribution in [2.45, 2.75) is 18.7 Å². The zero-order valence-electron chi connectivity index (χ0n) is 11.9. The molecule has 0 bridgehead atoms. The SMILES string of the molecule is Cc1cc2nc(NS(=O)(=O)c3c(Cl)sc(Cl)c3Br)[nH]c2cc1C. The molecule has 0 spiro atoms. The average Bonchev–Trinajstić information content (AvgIpc) is 2.90. The number of hydrogen-bond acceptors (Lipinski definition) is 4. The van der Waals surface area contributed by atoms with E-state index in [9.17, 15) is 8.42 Å². The predicted octanol–water partition coefficient (Wildman–Crippen LogP) is 5.11. The highest BCUT2D eigenvalue weighted by atomic mass is 79.9. The molecule has 10 heteroatoms. The molecule has 0 saturated heterocycles. The Morgan fingerprint density at radius 2 is 1.87 bits per heavy atom. The van der Waals surface area contributed by atoms with Crippen LogP contribution in [0.3, 0.4) is 0 Å². The van der Waals surface area contributed by atoms with Crippen molar-refractivity contribution in [1.29, 1.82) is 0 Å². The molecular weight excluding hydrogens is 445 g/mol. The van der Waals surface area contributed by atoms with Crippen molar-refractivity contribution in [3.8, 4) is 0 Å². The van der Waals surface area contributed by atoms with Crippen molar-refractivity contribution < 1.29 is 8.42 Å². The molecule has 0 aliphatic heterocycles. The van der Waals surface area contributed by atoms with Gasteiger partial charge in [-0.15, -0.1) is 11.3 Å². The van der Waals surface area contributed by atoms with Gasteiger partial charge in [0.2, 0.25) is 5.95 Å². The van der Waals surface area contributed by atoms with E-state index in [1.165, 1.54) is 0 Å². The number of nitrogens with one attached hydrogen (secondary N) is 2. The number of aromatic amines is 1. The number of imidazole rings is 1. The molecule has 0 atom stereocenters. The average molecular weight is 455 g/mol. The van der Waals surface area contributed by atoms with E-state index < -0.39 is 10.0 Å². The van der Waals surface area contributed by atoms with E-state index in [1.54, 1.807) is 0 Å². The molecule has 23 heavy (non-hydrogen) atoms. The van der Waals surface area contributed by atoms with Gasteiger partial charge in [0.1, 0.15) is 13.6 Å². The summed E-state index contributed by atoms with van der Waals surface area (Å²) in [4.78, 5) is 7.11. The largest absolute Gasteiger partial charge is 0.323 e. The standard InChI is InChI=1S/C13H10BrCl2N3O2S2/c1-5-3-7-8(4-6(5)2)18-13(17-7)19-23(20,21)10-9(14)11(15)22-12(10)16/h3-4H,1-2H3,(H2,17,18,19). The highest BCUT2D eigenvalue weighted by molar-refractivity contribution is 9.10. The van der Waals surface area contributed by atoms with E-state index in [0.717, 1.165) is 28.0 Å². The molecule has 2 N–H and O–H groups in total. The minimum Gasteiger partial charge on any atom is -0.323 e. The summed E-state index contributed by atoms with van der Waals surface area (Å²) in [7, 11) is -3.92. The van der Waals surface area contributed by atoms with Gasteiger partial charge in [0.15, 0.2) is 0 Å². The second-order valence-corrected chi connectivity index (χ2v) is 9.57. The number of benzene rings is 1. The van der Waals surface area contributed by atoms with Crippen molar-refractivity contribution >= 4 is 77.5 Å². The van der Waals surface area contributed by atoms with Crippen LogP contribution in [0.4, 0.5) is 5.95 Å². The van der Waals surface area contributed by atoms with Gasteiger partial charge in [-0.05, 0) is 53.0 Å². The van der Waals surface area contributed by atoms with Gasteiger partial charge in [-0.25, -0.2) is 18.1 Å². The van der Waals surface area contributed by atoms with Crippen LogP contribution in [0.2, 0.25) is 8.67 Å². The topological polar surface area (TPSA) is 74.8 Å². The van der Waals surface area contributed by atoms with Crippen LogP contribution in [0.25, 0.3) is 11.0 Å². The van der Waals surface area contributed by atoms with Crippen LogP contribution in [-0.2, 0) is 10.0 Å². The second-order valence-electron chi connectivity index (χ2n) is 4.94. The molecule has 2 heterocycles. The molecule has 2 aromatic heterocycles. The molecular formula is C13H10BrCl2N3O2S2. The minimum absolute atomic E-state index is 0.0807. The summed E-state index contributed by atoms with van der Waals surface area (Å²) in [5.74, 6) is 0.121. The molecule has 0 saturated carbocycles. The van der Waals surface area contributed by atoms with Crippen molar-refractivity contribution in [3.63, 3.8) is 0 Å². The van der Waals surface area contributed by atoms with Crippen molar-refractivity contribution in [3.05, 3.63) is 36.4 Å². The van der Waals surface area contributed by atoms with Crippen molar-refractivity contribution in [2.24, 2.45) is 0 Å². The number of aryl methyl sites for hydroxylation is 2. The molecule has 0 aliphatic rings. The third-order valence-corrected chi connectivity index (χ3v) is 8.13. The van der Waals surface area contributed by atoms with Gasteiger partial charge in [0.25, 0.3) is 10.0 Å². The number of hydrogen-bond donors (Lipinski definition) is 2. The maximum atomic E-state index is 12.5. The first-order valence-corrected chi connectivity index (χ1v) is 10.2. The van der Waals surface area contributed by atoms with Crippen LogP contribution in [0.1, 0.15) is 11.1 Å².